The predicted molar refractivity (Wildman–Crippen MR) is 92.3 cm³/mol. The molecule has 0 aliphatic heterocycles. The lowest BCUT2D eigenvalue weighted by atomic mass is 10.2. The van der Waals surface area contributed by atoms with Gasteiger partial charge in [0, 0.05) is 46.3 Å². The van der Waals surface area contributed by atoms with Gasteiger partial charge in [-0.2, -0.15) is 0 Å². The van der Waals surface area contributed by atoms with Crippen LogP contribution in [-0.2, 0) is 20.6 Å². The maximum Gasteiger partial charge on any atom is 0.332 e. The summed E-state index contributed by atoms with van der Waals surface area (Å²) < 4.78 is 2.28. The number of hydrogen-bond acceptors (Lipinski definition) is 5. The van der Waals surface area contributed by atoms with Crippen LogP contribution in [0.2, 0.25) is 0 Å². The molecule has 0 fully saturated rings. The van der Waals surface area contributed by atoms with Gasteiger partial charge in [-0.15, -0.1) is 0 Å². The Kier molecular flexibility index (Phi) is 4.18. The van der Waals surface area contributed by atoms with E-state index in [1.54, 1.807) is 25.5 Å². The van der Waals surface area contributed by atoms with Crippen LogP contribution < -0.4 is 11.2 Å². The first kappa shape index (κ1) is 16.6. The zero-order valence-electron chi connectivity index (χ0n) is 14.1. The molecule has 3 rings (SSSR count). The zero-order chi connectivity index (χ0) is 18.1. The van der Waals surface area contributed by atoms with Gasteiger partial charge in [0.25, 0.3) is 11.5 Å². The number of aromatic nitrogens is 4. The predicted octanol–water partition coefficient (Wildman–Crippen LogP) is 0.299. The van der Waals surface area contributed by atoms with E-state index in [2.05, 4.69) is 9.97 Å². The topological polar surface area (TPSA) is 90.1 Å². The van der Waals surface area contributed by atoms with Crippen molar-refractivity contribution in [3.63, 3.8) is 0 Å². The van der Waals surface area contributed by atoms with Crippen molar-refractivity contribution in [1.29, 1.82) is 0 Å². The molecular formula is C17H17N5O3. The Bertz CT molecular complexity index is 1070. The molecule has 0 aliphatic rings. The minimum atomic E-state index is -0.477. The molecule has 0 unspecified atom stereocenters. The summed E-state index contributed by atoms with van der Waals surface area (Å²) in [4.78, 5) is 46.6. The Morgan fingerprint density at radius 1 is 1.20 bits per heavy atom. The summed E-state index contributed by atoms with van der Waals surface area (Å²) in [7, 11) is 4.60. The Labute approximate surface area is 143 Å². The standard InChI is InChI=1S/C17H17N5O3/c1-20(10-11-5-4-6-18-8-11)15(23)12-7-13-14(19-9-12)21(2)17(25)22(3)16(13)24/h4-9H,10H2,1-3H3. The monoisotopic (exact) mass is 339 g/mol. The van der Waals surface area contributed by atoms with Gasteiger partial charge >= 0.3 is 5.69 Å². The van der Waals surface area contributed by atoms with E-state index in [4.69, 9.17) is 0 Å². The SMILES string of the molecule is CN(Cc1cccnc1)C(=O)c1cnc2c(c1)c(=O)n(C)c(=O)n2C. The lowest BCUT2D eigenvalue weighted by Gasteiger charge is -2.17. The lowest BCUT2D eigenvalue weighted by Crippen LogP contribution is -2.37. The Hall–Kier alpha value is -3.29. The van der Waals surface area contributed by atoms with Crippen LogP contribution in [0.1, 0.15) is 15.9 Å². The molecule has 0 aromatic carbocycles. The number of nitrogens with zero attached hydrogens (tertiary/aromatic N) is 5. The van der Waals surface area contributed by atoms with Crippen LogP contribution in [0.25, 0.3) is 11.0 Å². The number of carbonyl (C=O) groups excluding carboxylic acids is 1. The summed E-state index contributed by atoms with van der Waals surface area (Å²) in [5.74, 6) is -0.269. The second kappa shape index (κ2) is 6.31. The third-order valence-electron chi connectivity index (χ3n) is 4.03. The van der Waals surface area contributed by atoms with E-state index in [0.29, 0.717) is 6.54 Å². The molecule has 3 aromatic heterocycles. The molecule has 0 atom stereocenters. The van der Waals surface area contributed by atoms with Gasteiger partial charge in [0.2, 0.25) is 0 Å². The highest BCUT2D eigenvalue weighted by atomic mass is 16.2. The fourth-order valence-corrected chi connectivity index (χ4v) is 2.64. The van der Waals surface area contributed by atoms with Crippen molar-refractivity contribution >= 4 is 16.9 Å². The second-order valence-corrected chi connectivity index (χ2v) is 5.82. The Balaban J connectivity index is 2.00. The van der Waals surface area contributed by atoms with Crippen molar-refractivity contribution in [2.24, 2.45) is 14.1 Å². The van der Waals surface area contributed by atoms with Crippen LogP contribution in [0.15, 0.2) is 46.4 Å². The average molecular weight is 339 g/mol. The highest BCUT2D eigenvalue weighted by Gasteiger charge is 2.16. The first-order valence-corrected chi connectivity index (χ1v) is 7.60. The van der Waals surface area contributed by atoms with Gasteiger partial charge in [-0.05, 0) is 17.7 Å². The normalized spacial score (nSPS) is 10.8. The number of rotatable bonds is 3. The van der Waals surface area contributed by atoms with Crippen molar-refractivity contribution in [3.05, 3.63) is 68.8 Å². The summed E-state index contributed by atoms with van der Waals surface area (Å²) in [5, 5.41) is 0.227. The largest absolute Gasteiger partial charge is 0.337 e. The first-order chi connectivity index (χ1) is 11.9. The summed E-state index contributed by atoms with van der Waals surface area (Å²) in [6, 6.07) is 5.16. The van der Waals surface area contributed by atoms with E-state index < -0.39 is 11.2 Å². The molecule has 8 nitrogen and oxygen atoms in total. The molecule has 8 heteroatoms. The quantitative estimate of drug-likeness (QED) is 0.684. The Morgan fingerprint density at radius 2 is 1.96 bits per heavy atom. The van der Waals surface area contributed by atoms with Gasteiger partial charge in [0.1, 0.15) is 5.65 Å². The molecule has 128 valence electrons. The zero-order valence-corrected chi connectivity index (χ0v) is 14.1. The van der Waals surface area contributed by atoms with E-state index in [9.17, 15) is 14.4 Å². The maximum atomic E-state index is 12.6. The minimum absolute atomic E-state index is 0.227. The Morgan fingerprint density at radius 3 is 2.64 bits per heavy atom. The molecule has 3 heterocycles. The van der Waals surface area contributed by atoms with Crippen LogP contribution in [0, 0.1) is 0 Å². The van der Waals surface area contributed by atoms with Crippen LogP contribution in [0.3, 0.4) is 0 Å². The van der Waals surface area contributed by atoms with Gasteiger partial charge in [-0.1, -0.05) is 6.07 Å². The van der Waals surface area contributed by atoms with E-state index in [1.807, 2.05) is 6.07 Å². The molecule has 1 amide bonds. The summed E-state index contributed by atoms with van der Waals surface area (Å²) >= 11 is 0. The molecule has 0 spiro atoms. The van der Waals surface area contributed by atoms with Crippen molar-refractivity contribution in [2.45, 2.75) is 6.54 Å². The van der Waals surface area contributed by atoms with Gasteiger partial charge < -0.3 is 4.90 Å². The van der Waals surface area contributed by atoms with Crippen molar-refractivity contribution in [3.8, 4) is 0 Å². The smallest absolute Gasteiger partial charge is 0.332 e. The molecule has 0 bridgehead atoms. The molecule has 0 N–H and O–H groups in total. The van der Waals surface area contributed by atoms with Crippen LogP contribution >= 0.6 is 0 Å². The number of aryl methyl sites for hydroxylation is 1. The highest BCUT2D eigenvalue weighted by molar-refractivity contribution is 5.96. The summed E-state index contributed by atoms with van der Waals surface area (Å²) in [6.07, 6.45) is 4.73. The first-order valence-electron chi connectivity index (χ1n) is 7.60. The molecular weight excluding hydrogens is 322 g/mol. The van der Waals surface area contributed by atoms with Crippen molar-refractivity contribution < 1.29 is 4.79 Å². The number of hydrogen-bond donors (Lipinski definition) is 0. The molecule has 25 heavy (non-hydrogen) atoms. The summed E-state index contributed by atoms with van der Waals surface area (Å²) in [5.41, 5.74) is 0.493. The van der Waals surface area contributed by atoms with E-state index in [-0.39, 0.29) is 22.5 Å². The summed E-state index contributed by atoms with van der Waals surface area (Å²) in [6.45, 7) is 0.385. The average Bonchev–Trinajstić information content (AvgIpc) is 2.64. The van der Waals surface area contributed by atoms with Crippen LogP contribution in [0.4, 0.5) is 0 Å². The van der Waals surface area contributed by atoms with E-state index >= 15 is 0 Å². The number of pyridine rings is 2. The fourth-order valence-electron chi connectivity index (χ4n) is 2.64. The van der Waals surface area contributed by atoms with Crippen LogP contribution in [-0.4, -0.2) is 37.0 Å². The van der Waals surface area contributed by atoms with Gasteiger partial charge in [-0.3, -0.25) is 23.7 Å². The van der Waals surface area contributed by atoms with Gasteiger partial charge in [0.15, 0.2) is 0 Å². The van der Waals surface area contributed by atoms with Crippen molar-refractivity contribution in [1.82, 2.24) is 24.0 Å². The van der Waals surface area contributed by atoms with E-state index in [0.717, 1.165) is 10.1 Å². The van der Waals surface area contributed by atoms with E-state index in [1.165, 1.54) is 35.8 Å². The lowest BCUT2D eigenvalue weighted by molar-refractivity contribution is 0.0784. The molecule has 0 aliphatic carbocycles. The van der Waals surface area contributed by atoms with Crippen LogP contribution in [0.5, 0.6) is 0 Å². The molecule has 0 saturated carbocycles. The number of amides is 1. The fraction of sp³-hybridized carbons (Fsp3) is 0.235. The highest BCUT2D eigenvalue weighted by Crippen LogP contribution is 2.11. The number of carbonyl (C=O) groups is 1. The molecule has 0 radical (unpaired) electrons. The van der Waals surface area contributed by atoms with Gasteiger partial charge in [-0.25, -0.2) is 9.78 Å². The maximum absolute atomic E-state index is 12.6. The van der Waals surface area contributed by atoms with Crippen molar-refractivity contribution in [2.75, 3.05) is 7.05 Å². The second-order valence-electron chi connectivity index (χ2n) is 5.82. The minimum Gasteiger partial charge on any atom is -0.337 e. The molecule has 3 aromatic rings. The third kappa shape index (κ3) is 2.93. The molecule has 0 saturated heterocycles. The van der Waals surface area contributed by atoms with Gasteiger partial charge in [0.05, 0.1) is 10.9 Å². The third-order valence-corrected chi connectivity index (χ3v) is 4.03. The number of fused-ring (bicyclic) bond motifs is 1.